The molecule has 0 aliphatic heterocycles. The number of nitrogens with one attached hydrogen (secondary N) is 4. The molecule has 0 bridgehead atoms. The number of alkyl halides is 3. The molecule has 0 aliphatic carbocycles. The van der Waals surface area contributed by atoms with E-state index in [1.807, 2.05) is 14.0 Å². The molecule has 0 aliphatic rings. The number of carbonyl (C=O) groups excluding carboxylic acids is 1. The number of nitrogens with zero attached hydrogens (tertiary/aromatic N) is 4. The highest BCUT2D eigenvalue weighted by Crippen LogP contribution is 2.30. The van der Waals surface area contributed by atoms with E-state index in [0.717, 1.165) is 32.5 Å². The van der Waals surface area contributed by atoms with Crippen molar-refractivity contribution >= 4 is 23.8 Å². The number of aromatic nitrogens is 4. The second-order valence-electron chi connectivity index (χ2n) is 8.53. The summed E-state index contributed by atoms with van der Waals surface area (Å²) < 4.78 is 40.3. The third kappa shape index (κ3) is 9.42. The number of rotatable bonds is 16. The lowest BCUT2D eigenvalue weighted by molar-refractivity contribution is -0.141. The number of hydrogen-bond acceptors (Lipinski definition) is 6. The summed E-state index contributed by atoms with van der Waals surface area (Å²) in [6.07, 6.45) is 6.78. The zero-order chi connectivity index (χ0) is 28.0. The smallest absolute Gasteiger partial charge is 0.349 e. The Labute approximate surface area is 221 Å². The Morgan fingerprint density at radius 2 is 2.03 bits per heavy atom. The fraction of sp³-hybridized carbons (Fsp3) is 0.462. The molecule has 0 fully saturated rings. The maximum absolute atomic E-state index is 13.4. The van der Waals surface area contributed by atoms with Crippen LogP contribution in [-0.2, 0) is 6.18 Å². The van der Waals surface area contributed by atoms with Gasteiger partial charge in [-0.1, -0.05) is 39.3 Å². The van der Waals surface area contributed by atoms with Gasteiger partial charge in [-0.3, -0.25) is 20.0 Å². The first-order valence-corrected chi connectivity index (χ1v) is 12.6. The largest absolute Gasteiger partial charge is 0.435 e. The Morgan fingerprint density at radius 1 is 1.24 bits per heavy atom. The summed E-state index contributed by atoms with van der Waals surface area (Å²) >= 11 is 0. The first-order valence-electron chi connectivity index (χ1n) is 12.6. The lowest BCUT2D eigenvalue weighted by Crippen LogP contribution is -2.35. The SMILES string of the molecule is C=Cc1[nH]nc(C(=O)NCCNCCN(C)CC)c1/C=C/N=C(\C=C\CCCC)c1c[nH]nc1C(F)(F)F. The number of aliphatic imine (C=N–C) groups is 1. The molecule has 4 N–H and O–H groups in total. The van der Waals surface area contributed by atoms with Crippen molar-refractivity contribution in [1.82, 2.24) is 35.9 Å². The number of carbonyl (C=O) groups is 1. The van der Waals surface area contributed by atoms with Crippen LogP contribution in [0.4, 0.5) is 13.2 Å². The molecule has 2 heterocycles. The minimum absolute atomic E-state index is 0.0906. The van der Waals surface area contributed by atoms with Crippen LogP contribution in [0.5, 0.6) is 0 Å². The van der Waals surface area contributed by atoms with Gasteiger partial charge in [0, 0.05) is 44.1 Å². The van der Waals surface area contributed by atoms with Crippen molar-refractivity contribution in [3.8, 4) is 0 Å². The van der Waals surface area contributed by atoms with Gasteiger partial charge in [0.15, 0.2) is 11.4 Å². The van der Waals surface area contributed by atoms with E-state index in [9.17, 15) is 18.0 Å². The molecule has 0 saturated heterocycles. The van der Waals surface area contributed by atoms with Gasteiger partial charge in [-0.15, -0.1) is 0 Å². The van der Waals surface area contributed by atoms with Gasteiger partial charge in [0.1, 0.15) is 0 Å². The van der Waals surface area contributed by atoms with Crippen LogP contribution in [0.2, 0.25) is 0 Å². The fourth-order valence-electron chi connectivity index (χ4n) is 3.38. The average molecular weight is 535 g/mol. The molecule has 0 unspecified atom stereocenters. The Kier molecular flexibility index (Phi) is 12.7. The van der Waals surface area contributed by atoms with E-state index in [4.69, 9.17) is 0 Å². The monoisotopic (exact) mass is 534 g/mol. The number of unbranched alkanes of at least 4 members (excludes halogenated alkanes) is 2. The van der Waals surface area contributed by atoms with Crippen LogP contribution >= 0.6 is 0 Å². The van der Waals surface area contributed by atoms with Gasteiger partial charge in [0.25, 0.3) is 5.91 Å². The van der Waals surface area contributed by atoms with Crippen molar-refractivity contribution in [2.75, 3.05) is 39.8 Å². The van der Waals surface area contributed by atoms with Crippen LogP contribution in [-0.4, -0.2) is 76.7 Å². The van der Waals surface area contributed by atoms with Crippen LogP contribution < -0.4 is 10.6 Å². The molecular formula is C26H37F3N8O. The highest BCUT2D eigenvalue weighted by molar-refractivity contribution is 6.10. The molecule has 1 amide bonds. The standard InChI is InChI=1S/C26H37F3N8O/c1-5-8-9-10-11-22(20-18-33-36-24(20)26(27,28)29)31-13-12-19-21(6-2)34-35-23(19)25(38)32-15-14-30-16-17-37(4)7-3/h6,10-13,18,30H,2,5,7-9,14-17H2,1,3-4H3,(H,32,38)(H,33,36)(H,34,35)/b11-10+,13-12+,31-22+. The topological polar surface area (TPSA) is 114 Å². The maximum atomic E-state index is 13.4. The summed E-state index contributed by atoms with van der Waals surface area (Å²) in [6, 6.07) is 0. The predicted molar refractivity (Wildman–Crippen MR) is 145 cm³/mol. The second kappa shape index (κ2) is 15.7. The van der Waals surface area contributed by atoms with E-state index >= 15 is 0 Å². The Morgan fingerprint density at radius 3 is 2.71 bits per heavy atom. The van der Waals surface area contributed by atoms with Crippen LogP contribution in [0.3, 0.4) is 0 Å². The summed E-state index contributed by atoms with van der Waals surface area (Å²) in [5.41, 5.74) is -0.0706. The van der Waals surface area contributed by atoms with E-state index in [2.05, 4.69) is 54.4 Å². The van der Waals surface area contributed by atoms with E-state index in [0.29, 0.717) is 30.8 Å². The number of halogens is 3. The third-order valence-electron chi connectivity index (χ3n) is 5.69. The number of hydrogen-bond donors (Lipinski definition) is 4. The summed E-state index contributed by atoms with van der Waals surface area (Å²) in [7, 11) is 2.04. The van der Waals surface area contributed by atoms with Crippen LogP contribution in [0.25, 0.3) is 12.2 Å². The van der Waals surface area contributed by atoms with Gasteiger partial charge < -0.3 is 15.5 Å². The van der Waals surface area contributed by atoms with Crippen molar-refractivity contribution in [2.45, 2.75) is 39.3 Å². The van der Waals surface area contributed by atoms with Crippen LogP contribution in [0.15, 0.2) is 36.1 Å². The molecular weight excluding hydrogens is 497 g/mol. The lowest BCUT2D eigenvalue weighted by atomic mass is 10.1. The molecule has 0 spiro atoms. The van der Waals surface area contributed by atoms with Gasteiger partial charge >= 0.3 is 6.18 Å². The third-order valence-corrected chi connectivity index (χ3v) is 5.69. The molecule has 0 saturated carbocycles. The predicted octanol–water partition coefficient (Wildman–Crippen LogP) is 4.27. The summed E-state index contributed by atoms with van der Waals surface area (Å²) in [6.45, 7) is 11.5. The first-order chi connectivity index (χ1) is 18.2. The summed E-state index contributed by atoms with van der Waals surface area (Å²) in [4.78, 5) is 19.2. The Hall–Kier alpha value is -3.51. The minimum Gasteiger partial charge on any atom is -0.349 e. The van der Waals surface area contributed by atoms with E-state index in [-0.39, 0.29) is 22.9 Å². The summed E-state index contributed by atoms with van der Waals surface area (Å²) in [5, 5.41) is 18.5. The van der Waals surface area contributed by atoms with Crippen molar-refractivity contribution in [3.05, 3.63) is 59.3 Å². The van der Waals surface area contributed by atoms with Gasteiger partial charge in [-0.05, 0) is 38.2 Å². The van der Waals surface area contributed by atoms with Crippen LogP contribution in [0.1, 0.15) is 66.1 Å². The van der Waals surface area contributed by atoms with Gasteiger partial charge in [0.2, 0.25) is 0 Å². The Bertz CT molecular complexity index is 1110. The number of aromatic amines is 2. The number of H-pyrrole nitrogens is 2. The molecule has 9 nitrogen and oxygen atoms in total. The molecule has 0 radical (unpaired) electrons. The molecule has 2 rings (SSSR count). The Balaban J connectivity index is 2.19. The van der Waals surface area contributed by atoms with E-state index < -0.39 is 11.9 Å². The number of likely N-dealkylation sites (N-methyl/N-ethyl adjacent to an activating group) is 1. The molecule has 38 heavy (non-hydrogen) atoms. The zero-order valence-electron chi connectivity index (χ0n) is 22.2. The second-order valence-corrected chi connectivity index (χ2v) is 8.53. The molecule has 0 aromatic carbocycles. The minimum atomic E-state index is -4.64. The first kappa shape index (κ1) is 30.7. The molecule has 12 heteroatoms. The van der Waals surface area contributed by atoms with Crippen molar-refractivity contribution in [3.63, 3.8) is 0 Å². The van der Waals surface area contributed by atoms with Gasteiger partial charge in [-0.25, -0.2) is 0 Å². The molecule has 0 atom stereocenters. The molecule has 208 valence electrons. The molecule has 2 aromatic rings. The number of amides is 1. The quantitative estimate of drug-likeness (QED) is 0.190. The fourth-order valence-corrected chi connectivity index (χ4v) is 3.38. The van der Waals surface area contributed by atoms with Crippen molar-refractivity contribution < 1.29 is 18.0 Å². The van der Waals surface area contributed by atoms with Crippen molar-refractivity contribution in [2.24, 2.45) is 4.99 Å². The lowest BCUT2D eigenvalue weighted by Gasteiger charge is -2.14. The van der Waals surface area contributed by atoms with E-state index in [1.165, 1.54) is 24.5 Å². The van der Waals surface area contributed by atoms with Crippen molar-refractivity contribution in [1.29, 1.82) is 0 Å². The van der Waals surface area contributed by atoms with E-state index in [1.54, 1.807) is 12.2 Å². The normalized spacial score (nSPS) is 12.8. The zero-order valence-corrected chi connectivity index (χ0v) is 22.2. The summed E-state index contributed by atoms with van der Waals surface area (Å²) in [5.74, 6) is -0.390. The average Bonchev–Trinajstić information content (AvgIpc) is 3.54. The highest BCUT2D eigenvalue weighted by Gasteiger charge is 2.37. The molecule has 2 aromatic heterocycles. The van der Waals surface area contributed by atoms with Gasteiger partial charge in [-0.2, -0.15) is 23.4 Å². The van der Waals surface area contributed by atoms with Crippen LogP contribution in [0, 0.1) is 0 Å². The van der Waals surface area contributed by atoms with Gasteiger partial charge in [0.05, 0.1) is 17.0 Å². The highest BCUT2D eigenvalue weighted by atomic mass is 19.4. The number of allylic oxidation sites excluding steroid dienone is 2. The maximum Gasteiger partial charge on any atom is 0.435 e.